The lowest BCUT2D eigenvalue weighted by Crippen LogP contribution is -2.58. The molecule has 2 amide bonds. The number of ether oxygens (including phenoxy) is 1. The van der Waals surface area contributed by atoms with Crippen LogP contribution in [0.2, 0.25) is 0 Å². The lowest BCUT2D eigenvalue weighted by atomic mass is 9.84. The molecular weight excluding hydrogens is 438 g/mol. The Balaban J connectivity index is 1.38. The van der Waals surface area contributed by atoms with E-state index in [4.69, 9.17) is 4.74 Å². The second-order valence-electron chi connectivity index (χ2n) is 10.2. The van der Waals surface area contributed by atoms with Gasteiger partial charge in [-0.3, -0.25) is 9.59 Å². The summed E-state index contributed by atoms with van der Waals surface area (Å²) in [5.41, 5.74) is 3.71. The number of carbonyl (C=O) groups is 2. The van der Waals surface area contributed by atoms with Crippen molar-refractivity contribution in [3.63, 3.8) is 0 Å². The zero-order valence-corrected chi connectivity index (χ0v) is 20.8. The molecule has 2 aliphatic rings. The van der Waals surface area contributed by atoms with Crippen LogP contribution < -0.4 is 4.74 Å². The van der Waals surface area contributed by atoms with E-state index in [2.05, 4.69) is 11.1 Å². The van der Waals surface area contributed by atoms with Gasteiger partial charge < -0.3 is 19.5 Å². The largest absolute Gasteiger partial charge is 0.497 e. The number of nitrogens with zero attached hydrogens (tertiary/aromatic N) is 2. The fourth-order valence-corrected chi connectivity index (χ4v) is 5.76. The summed E-state index contributed by atoms with van der Waals surface area (Å²) >= 11 is 0. The van der Waals surface area contributed by atoms with Crippen LogP contribution >= 0.6 is 0 Å². The summed E-state index contributed by atoms with van der Waals surface area (Å²) in [5, 5.41) is 1.02. The Morgan fingerprint density at radius 2 is 1.91 bits per heavy atom. The predicted molar refractivity (Wildman–Crippen MR) is 137 cm³/mol. The molecule has 2 aromatic carbocycles. The van der Waals surface area contributed by atoms with E-state index in [0.29, 0.717) is 24.7 Å². The highest BCUT2D eigenvalue weighted by Gasteiger charge is 2.36. The summed E-state index contributed by atoms with van der Waals surface area (Å²) < 4.78 is 5.39. The Labute approximate surface area is 207 Å². The van der Waals surface area contributed by atoms with Crippen LogP contribution in [-0.4, -0.2) is 52.8 Å². The Kier molecular flexibility index (Phi) is 6.80. The maximum absolute atomic E-state index is 13.5. The van der Waals surface area contributed by atoms with Gasteiger partial charge in [-0.25, -0.2) is 0 Å². The molecular formula is C29H35N3O3. The van der Waals surface area contributed by atoms with E-state index in [9.17, 15) is 9.59 Å². The first kappa shape index (κ1) is 23.5. The highest BCUT2D eigenvalue weighted by molar-refractivity contribution is 6.00. The van der Waals surface area contributed by atoms with Gasteiger partial charge in [0.2, 0.25) is 5.91 Å². The minimum atomic E-state index is -0.0955. The number of benzene rings is 2. The van der Waals surface area contributed by atoms with Crippen molar-refractivity contribution in [2.24, 2.45) is 5.92 Å². The normalized spacial score (nSPS) is 19.4. The van der Waals surface area contributed by atoms with Crippen LogP contribution in [0.3, 0.4) is 0 Å². The van der Waals surface area contributed by atoms with E-state index in [1.165, 1.54) is 32.1 Å². The van der Waals surface area contributed by atoms with E-state index in [0.717, 1.165) is 34.2 Å². The topological polar surface area (TPSA) is 65.6 Å². The highest BCUT2D eigenvalue weighted by atomic mass is 16.5. The third-order valence-electron chi connectivity index (χ3n) is 7.63. The van der Waals surface area contributed by atoms with Gasteiger partial charge in [0.1, 0.15) is 18.0 Å². The van der Waals surface area contributed by atoms with Crippen molar-refractivity contribution in [3.05, 3.63) is 65.4 Å². The number of aromatic nitrogens is 1. The van der Waals surface area contributed by atoms with Crippen molar-refractivity contribution in [1.82, 2.24) is 14.8 Å². The number of piperazine rings is 1. The Hall–Kier alpha value is -3.28. The molecule has 35 heavy (non-hydrogen) atoms. The van der Waals surface area contributed by atoms with E-state index in [1.807, 2.05) is 54.3 Å². The molecule has 2 fully saturated rings. The molecule has 6 nitrogen and oxygen atoms in total. The first-order chi connectivity index (χ1) is 17.0. The number of nitrogens with one attached hydrogen (secondary N) is 1. The minimum Gasteiger partial charge on any atom is -0.497 e. The maximum atomic E-state index is 13.5. The van der Waals surface area contributed by atoms with Gasteiger partial charge in [0.25, 0.3) is 5.91 Å². The van der Waals surface area contributed by atoms with Gasteiger partial charge in [0, 0.05) is 30.0 Å². The van der Waals surface area contributed by atoms with Gasteiger partial charge in [0.15, 0.2) is 0 Å². The molecule has 1 atom stereocenters. The average molecular weight is 474 g/mol. The number of amides is 2. The van der Waals surface area contributed by atoms with Crippen molar-refractivity contribution in [1.29, 1.82) is 0 Å². The molecule has 1 aliphatic heterocycles. The van der Waals surface area contributed by atoms with E-state index >= 15 is 0 Å². The molecule has 0 spiro atoms. The minimum absolute atomic E-state index is 0.0141. The lowest BCUT2D eigenvalue weighted by molar-refractivity contribution is -0.140. The van der Waals surface area contributed by atoms with Crippen LogP contribution in [0, 0.1) is 12.8 Å². The second-order valence-corrected chi connectivity index (χ2v) is 10.2. The smallest absolute Gasteiger partial charge is 0.270 e. The number of fused-ring (bicyclic) bond motifs is 1. The first-order valence-electron chi connectivity index (χ1n) is 12.8. The quantitative estimate of drug-likeness (QED) is 0.528. The van der Waals surface area contributed by atoms with Crippen LogP contribution in [-0.2, 0) is 11.3 Å². The average Bonchev–Trinajstić information content (AvgIpc) is 3.29. The van der Waals surface area contributed by atoms with Crippen molar-refractivity contribution >= 4 is 22.7 Å². The maximum Gasteiger partial charge on any atom is 0.270 e. The van der Waals surface area contributed by atoms with Crippen molar-refractivity contribution in [3.8, 4) is 5.75 Å². The number of hydrogen-bond acceptors (Lipinski definition) is 3. The summed E-state index contributed by atoms with van der Waals surface area (Å²) in [6.45, 7) is 3.27. The third kappa shape index (κ3) is 5.21. The Morgan fingerprint density at radius 1 is 1.09 bits per heavy atom. The van der Waals surface area contributed by atoms with Gasteiger partial charge in [-0.05, 0) is 55.2 Å². The first-order valence-corrected chi connectivity index (χ1v) is 12.8. The number of H-pyrrole nitrogens is 1. The summed E-state index contributed by atoms with van der Waals surface area (Å²) in [6, 6.07) is 16.0. The van der Waals surface area contributed by atoms with Crippen LogP contribution in [0.1, 0.15) is 60.1 Å². The van der Waals surface area contributed by atoms with Gasteiger partial charge in [0.05, 0.1) is 7.11 Å². The van der Waals surface area contributed by atoms with E-state index < -0.39 is 0 Å². The molecule has 0 radical (unpaired) electrons. The van der Waals surface area contributed by atoms with Crippen molar-refractivity contribution < 1.29 is 14.3 Å². The monoisotopic (exact) mass is 473 g/mol. The van der Waals surface area contributed by atoms with E-state index in [1.54, 1.807) is 12.0 Å². The molecule has 1 aliphatic carbocycles. The third-order valence-corrected chi connectivity index (χ3v) is 7.63. The number of hydrogen-bond donors (Lipinski definition) is 1. The van der Waals surface area contributed by atoms with Crippen molar-refractivity contribution in [2.75, 3.05) is 20.2 Å². The summed E-state index contributed by atoms with van der Waals surface area (Å²) in [5.74, 6) is 1.32. The molecule has 0 unspecified atom stereocenters. The summed E-state index contributed by atoms with van der Waals surface area (Å²) in [6.07, 6.45) is 7.21. The van der Waals surface area contributed by atoms with Gasteiger partial charge in [-0.1, -0.05) is 55.9 Å². The second kappa shape index (κ2) is 10.1. The molecule has 3 aromatic rings. The van der Waals surface area contributed by atoms with Crippen LogP contribution in [0.5, 0.6) is 5.75 Å². The van der Waals surface area contributed by atoms with E-state index in [-0.39, 0.29) is 24.4 Å². The number of carbonyl (C=O) groups excluding carboxylic acids is 2. The zero-order chi connectivity index (χ0) is 24.4. The van der Waals surface area contributed by atoms with Gasteiger partial charge in [-0.2, -0.15) is 0 Å². The van der Waals surface area contributed by atoms with Crippen LogP contribution in [0.4, 0.5) is 0 Å². The standard InChI is InChI=1S/C29H35N3O3/c1-20-11-12-26-23(13-20)16-27(30-26)29(34)31-18-24(14-21-7-4-3-5-8-21)32(28(33)19-31)17-22-9-6-10-25(15-22)35-2/h6,9-13,15-16,21,24,30H,3-5,7-8,14,17-19H2,1-2H3/t24-/m0/s1. The highest BCUT2D eigenvalue weighted by Crippen LogP contribution is 2.31. The number of aromatic amines is 1. The zero-order valence-electron chi connectivity index (χ0n) is 20.8. The fraction of sp³-hybridized carbons (Fsp3) is 0.448. The van der Waals surface area contributed by atoms with Gasteiger partial charge in [-0.15, -0.1) is 0 Å². The summed E-state index contributed by atoms with van der Waals surface area (Å²) in [4.78, 5) is 34.0. The molecule has 0 bridgehead atoms. The Morgan fingerprint density at radius 3 is 2.71 bits per heavy atom. The number of aryl methyl sites for hydroxylation is 1. The SMILES string of the molecule is COc1cccc(CN2C(=O)CN(C(=O)c3cc4cc(C)ccc4[nH]3)C[C@@H]2CC2CCCCC2)c1. The van der Waals surface area contributed by atoms with Gasteiger partial charge >= 0.3 is 0 Å². The van der Waals surface area contributed by atoms with Crippen LogP contribution in [0.15, 0.2) is 48.5 Å². The van der Waals surface area contributed by atoms with Crippen LogP contribution in [0.25, 0.3) is 10.9 Å². The number of methoxy groups -OCH3 is 1. The lowest BCUT2D eigenvalue weighted by Gasteiger charge is -2.43. The molecule has 2 heterocycles. The molecule has 184 valence electrons. The molecule has 6 heteroatoms. The molecule has 1 saturated heterocycles. The predicted octanol–water partition coefficient (Wildman–Crippen LogP) is 5.31. The summed E-state index contributed by atoms with van der Waals surface area (Å²) in [7, 11) is 1.66. The molecule has 1 saturated carbocycles. The molecule has 1 N–H and O–H groups in total. The Bertz CT molecular complexity index is 1210. The number of rotatable bonds is 6. The molecule has 5 rings (SSSR count). The molecule has 1 aromatic heterocycles. The van der Waals surface area contributed by atoms with Crippen molar-refractivity contribution in [2.45, 2.75) is 58.0 Å². The fourth-order valence-electron chi connectivity index (χ4n) is 5.76.